The van der Waals surface area contributed by atoms with Crippen LogP contribution in [0.4, 0.5) is 21.9 Å². The fourth-order valence-electron chi connectivity index (χ4n) is 4.06. The van der Waals surface area contributed by atoms with Crippen molar-refractivity contribution in [1.29, 1.82) is 0 Å². The molecule has 12 heteroatoms. The van der Waals surface area contributed by atoms with Gasteiger partial charge in [-0.1, -0.05) is 42.5 Å². The minimum Gasteiger partial charge on any atom is -0.445 e. The predicted molar refractivity (Wildman–Crippen MR) is 168 cm³/mol. The van der Waals surface area contributed by atoms with E-state index in [1.54, 1.807) is 48.5 Å². The summed E-state index contributed by atoms with van der Waals surface area (Å²) in [6.45, 7) is 2.75. The van der Waals surface area contributed by atoms with Gasteiger partial charge in [0, 0.05) is 37.3 Å². The maximum Gasteiger partial charge on any atom is 0.453 e. The number of carbonyl (C=O) groups excluding carboxylic acids is 3. The fourth-order valence-corrected chi connectivity index (χ4v) is 5.89. The average molecular weight is 617 g/mol. The van der Waals surface area contributed by atoms with Gasteiger partial charge in [0.1, 0.15) is 18.1 Å². The molecule has 4 rings (SSSR count). The number of benzene rings is 4. The molecule has 44 heavy (non-hydrogen) atoms. The monoisotopic (exact) mass is 616 g/mol. The summed E-state index contributed by atoms with van der Waals surface area (Å²) in [5, 5.41) is 8.00. The van der Waals surface area contributed by atoms with Gasteiger partial charge in [0.25, 0.3) is 0 Å². The van der Waals surface area contributed by atoms with E-state index in [9.17, 15) is 18.9 Å². The van der Waals surface area contributed by atoms with Crippen molar-refractivity contribution in [1.82, 2.24) is 5.32 Å². The van der Waals surface area contributed by atoms with Gasteiger partial charge >= 0.3 is 13.7 Å². The lowest BCUT2D eigenvalue weighted by molar-refractivity contribution is -0.115. The minimum atomic E-state index is -4.30. The molecule has 0 saturated carbocycles. The van der Waals surface area contributed by atoms with Gasteiger partial charge in [0.05, 0.1) is 0 Å². The first kappa shape index (κ1) is 31.7. The lowest BCUT2D eigenvalue weighted by Gasteiger charge is -2.28. The molecule has 0 aromatic heterocycles. The number of nitrogens with two attached hydrogens (primary N) is 1. The van der Waals surface area contributed by atoms with Crippen molar-refractivity contribution in [2.45, 2.75) is 32.7 Å². The van der Waals surface area contributed by atoms with Crippen molar-refractivity contribution in [2.24, 2.45) is 0 Å². The summed E-state index contributed by atoms with van der Waals surface area (Å²) < 4.78 is 32.3. The number of ether oxygens (including phenoxy) is 1. The molecule has 1 unspecified atom stereocenters. The highest BCUT2D eigenvalue weighted by Crippen LogP contribution is 2.53. The van der Waals surface area contributed by atoms with E-state index in [-0.39, 0.29) is 36.3 Å². The van der Waals surface area contributed by atoms with Crippen molar-refractivity contribution < 1.29 is 32.7 Å². The van der Waals surface area contributed by atoms with Crippen molar-refractivity contribution in [3.05, 3.63) is 114 Å². The first-order chi connectivity index (χ1) is 21.1. The largest absolute Gasteiger partial charge is 0.453 e. The van der Waals surface area contributed by atoms with Crippen LogP contribution >= 0.6 is 7.60 Å². The molecule has 0 aliphatic carbocycles. The van der Waals surface area contributed by atoms with Crippen molar-refractivity contribution in [2.75, 3.05) is 16.4 Å². The van der Waals surface area contributed by atoms with Gasteiger partial charge in [-0.05, 0) is 71.8 Å². The lowest BCUT2D eigenvalue weighted by atomic mass is 10.1. The number of amides is 3. The number of anilines is 3. The molecule has 3 amide bonds. The Hall–Kier alpha value is -5.28. The summed E-state index contributed by atoms with van der Waals surface area (Å²) in [7, 11) is -4.30. The predicted octanol–water partition coefficient (Wildman–Crippen LogP) is 6.33. The van der Waals surface area contributed by atoms with Gasteiger partial charge < -0.3 is 35.5 Å². The normalized spacial score (nSPS) is 11.5. The molecular formula is C32H33N4O7P. The zero-order chi connectivity index (χ0) is 31.5. The summed E-state index contributed by atoms with van der Waals surface area (Å²) in [4.78, 5) is 36.0. The van der Waals surface area contributed by atoms with Crippen LogP contribution in [-0.2, 0) is 31.9 Å². The Morgan fingerprint density at radius 3 is 1.68 bits per heavy atom. The molecule has 0 bridgehead atoms. The molecule has 0 radical (unpaired) electrons. The molecule has 0 saturated heterocycles. The molecule has 0 fully saturated rings. The molecule has 228 valence electrons. The van der Waals surface area contributed by atoms with Crippen LogP contribution < -0.4 is 30.7 Å². The van der Waals surface area contributed by atoms with Crippen LogP contribution in [0.25, 0.3) is 0 Å². The Bertz CT molecular complexity index is 1550. The third kappa shape index (κ3) is 9.64. The quantitative estimate of drug-likeness (QED) is 0.106. The molecule has 4 aromatic carbocycles. The van der Waals surface area contributed by atoms with Crippen LogP contribution in [0.5, 0.6) is 11.5 Å². The van der Waals surface area contributed by atoms with E-state index >= 15 is 0 Å². The summed E-state index contributed by atoms with van der Waals surface area (Å²) in [5.74, 6) is -1.40. The van der Waals surface area contributed by atoms with E-state index in [2.05, 4.69) is 16.0 Å². The minimum absolute atomic E-state index is 0.0114. The van der Waals surface area contributed by atoms with Crippen molar-refractivity contribution >= 4 is 42.6 Å². The van der Waals surface area contributed by atoms with Crippen LogP contribution in [0.1, 0.15) is 25.0 Å². The Kier molecular flexibility index (Phi) is 10.6. The molecular weight excluding hydrogens is 583 g/mol. The summed E-state index contributed by atoms with van der Waals surface area (Å²) in [6.07, 6.45) is -0.796. The van der Waals surface area contributed by atoms with Crippen molar-refractivity contribution in [3.8, 4) is 11.5 Å². The first-order valence-electron chi connectivity index (χ1n) is 13.6. The SMILES string of the molecule is CC(=O)Nc1ccc(OP(=O)(Oc2ccc(NC(C)=O)cc2)C(Cc2ccc(N)cc2)NC(=O)OCc2ccccc2)cc1. The van der Waals surface area contributed by atoms with E-state index in [0.717, 1.165) is 5.56 Å². The number of nitrogens with one attached hydrogen (secondary N) is 3. The summed E-state index contributed by atoms with van der Waals surface area (Å²) in [5.41, 5.74) is 8.88. The molecule has 5 N–H and O–H groups in total. The molecule has 0 heterocycles. The molecule has 11 nitrogen and oxygen atoms in total. The maximum atomic E-state index is 14.8. The van der Waals surface area contributed by atoms with Gasteiger partial charge in [-0.3, -0.25) is 9.59 Å². The van der Waals surface area contributed by atoms with Gasteiger partial charge in [-0.15, -0.1) is 0 Å². The molecule has 1 atom stereocenters. The number of rotatable bonds is 12. The number of nitrogen functional groups attached to an aromatic ring is 1. The van der Waals surface area contributed by atoms with Crippen molar-refractivity contribution in [3.63, 3.8) is 0 Å². The Balaban J connectivity index is 1.66. The van der Waals surface area contributed by atoms with E-state index in [4.69, 9.17) is 19.5 Å². The van der Waals surface area contributed by atoms with E-state index in [1.807, 2.05) is 30.3 Å². The van der Waals surface area contributed by atoms with Crippen LogP contribution in [0, 0.1) is 0 Å². The second-order valence-electron chi connectivity index (χ2n) is 9.80. The summed E-state index contributed by atoms with van der Waals surface area (Å²) in [6, 6.07) is 28.4. The van der Waals surface area contributed by atoms with Crippen LogP contribution in [-0.4, -0.2) is 23.7 Å². The topological polar surface area (TPSA) is 158 Å². The molecule has 0 aliphatic heterocycles. The highest BCUT2D eigenvalue weighted by molar-refractivity contribution is 7.55. The molecule has 4 aromatic rings. The first-order valence-corrected chi connectivity index (χ1v) is 15.2. The third-order valence-corrected chi connectivity index (χ3v) is 8.11. The van der Waals surface area contributed by atoms with Crippen LogP contribution in [0.2, 0.25) is 0 Å². The Morgan fingerprint density at radius 1 is 0.705 bits per heavy atom. The van der Waals surface area contributed by atoms with Crippen LogP contribution in [0.3, 0.4) is 0 Å². The zero-order valence-corrected chi connectivity index (χ0v) is 25.1. The fraction of sp³-hybridized carbons (Fsp3) is 0.156. The van der Waals surface area contributed by atoms with Gasteiger partial charge in [-0.2, -0.15) is 0 Å². The van der Waals surface area contributed by atoms with E-state index < -0.39 is 19.5 Å². The van der Waals surface area contributed by atoms with E-state index in [1.165, 1.54) is 38.1 Å². The smallest absolute Gasteiger partial charge is 0.445 e. The number of alkyl carbamates (subject to hydrolysis) is 1. The maximum absolute atomic E-state index is 14.8. The van der Waals surface area contributed by atoms with Crippen LogP contribution in [0.15, 0.2) is 103 Å². The highest BCUT2D eigenvalue weighted by Gasteiger charge is 2.41. The second-order valence-corrected chi connectivity index (χ2v) is 11.9. The molecule has 0 spiro atoms. The Morgan fingerprint density at radius 2 is 1.20 bits per heavy atom. The standard InChI is InChI=1S/C32H33N4O7P/c1-22(37)34-27-12-16-29(17-13-27)42-44(40,43-30-18-14-28(15-19-30)35-23(2)38)31(20-24-8-10-26(33)11-9-24)36-32(39)41-21-25-6-4-3-5-7-25/h3-19,31H,20-21,33H2,1-2H3,(H,34,37)(H,35,38)(H,36,39). The third-order valence-electron chi connectivity index (χ3n) is 6.10. The molecule has 0 aliphatic rings. The number of hydrogen-bond donors (Lipinski definition) is 4. The van der Waals surface area contributed by atoms with Gasteiger partial charge in [0.2, 0.25) is 11.8 Å². The second kappa shape index (κ2) is 14.8. The summed E-state index contributed by atoms with van der Waals surface area (Å²) >= 11 is 0. The highest BCUT2D eigenvalue weighted by atomic mass is 31.2. The average Bonchev–Trinajstić information content (AvgIpc) is 2.99. The Labute approximate surface area is 255 Å². The van der Waals surface area contributed by atoms with Gasteiger partial charge in [0.15, 0.2) is 5.78 Å². The lowest BCUT2D eigenvalue weighted by Crippen LogP contribution is -2.39. The van der Waals surface area contributed by atoms with Gasteiger partial charge in [-0.25, -0.2) is 9.36 Å². The number of hydrogen-bond acceptors (Lipinski definition) is 8. The number of carbonyl (C=O) groups is 3. The van der Waals surface area contributed by atoms with E-state index in [0.29, 0.717) is 22.6 Å². The zero-order valence-electron chi connectivity index (χ0n) is 24.2.